The van der Waals surface area contributed by atoms with Crippen molar-refractivity contribution in [3.8, 4) is 11.8 Å². The molecule has 1 aliphatic carbocycles. The van der Waals surface area contributed by atoms with Crippen LogP contribution in [0.15, 0.2) is 28.4 Å². The topological polar surface area (TPSA) is 142 Å². The molecule has 0 saturated heterocycles. The average Bonchev–Trinajstić information content (AvgIpc) is 3.04. The van der Waals surface area contributed by atoms with Crippen molar-refractivity contribution in [3.63, 3.8) is 0 Å². The molecule has 0 radical (unpaired) electrons. The van der Waals surface area contributed by atoms with Crippen molar-refractivity contribution in [2.45, 2.75) is 25.8 Å². The van der Waals surface area contributed by atoms with E-state index in [0.29, 0.717) is 22.4 Å². The number of aryl methyl sites for hydroxylation is 1. The second-order valence-corrected chi connectivity index (χ2v) is 6.35. The molecule has 4 aromatic heterocycles. The Morgan fingerprint density at radius 1 is 1.33 bits per heavy atom. The zero-order valence-electron chi connectivity index (χ0n) is 14.3. The summed E-state index contributed by atoms with van der Waals surface area (Å²) in [7, 11) is 0. The zero-order valence-corrected chi connectivity index (χ0v) is 14.3. The Balaban J connectivity index is 1.80. The Bertz CT molecular complexity index is 1340. The van der Waals surface area contributed by atoms with E-state index in [2.05, 4.69) is 35.0 Å². The van der Waals surface area contributed by atoms with Crippen LogP contribution in [0.3, 0.4) is 0 Å². The number of aromatic nitrogens is 8. The molecule has 136 valence electrons. The van der Waals surface area contributed by atoms with Gasteiger partial charge in [-0.2, -0.15) is 19.6 Å². The minimum absolute atomic E-state index is 0.245. The van der Waals surface area contributed by atoms with Crippen LogP contribution >= 0.6 is 0 Å². The predicted octanol–water partition coefficient (Wildman–Crippen LogP) is -1.05. The molecule has 1 aliphatic rings. The maximum Gasteiger partial charge on any atom is 0.326 e. The Kier molecular flexibility index (Phi) is 3.23. The molecular formula is C16H15N9O2. The fourth-order valence-corrected chi connectivity index (χ4v) is 2.77. The molecule has 0 aromatic carbocycles. The van der Waals surface area contributed by atoms with Gasteiger partial charge < -0.3 is 10.1 Å². The fourth-order valence-electron chi connectivity index (χ4n) is 2.77. The third kappa shape index (κ3) is 2.69. The van der Waals surface area contributed by atoms with Crippen molar-refractivity contribution in [1.29, 1.82) is 0 Å². The summed E-state index contributed by atoms with van der Waals surface area (Å²) in [5.41, 5.74) is 0.713. The van der Waals surface area contributed by atoms with Crippen molar-refractivity contribution in [3.05, 3.63) is 51.4 Å². The number of hydrogen-bond acceptors (Lipinski definition) is 7. The summed E-state index contributed by atoms with van der Waals surface area (Å²) in [5, 5.41) is 14.8. The highest BCUT2D eigenvalue weighted by molar-refractivity contribution is 5.56. The molecular weight excluding hydrogens is 350 g/mol. The van der Waals surface area contributed by atoms with Crippen LogP contribution in [0.5, 0.6) is 5.88 Å². The fraction of sp³-hybridized carbons (Fsp3) is 0.250. The second kappa shape index (κ2) is 5.62. The second-order valence-electron chi connectivity index (χ2n) is 6.35. The van der Waals surface area contributed by atoms with Gasteiger partial charge in [0.05, 0.1) is 12.2 Å². The van der Waals surface area contributed by atoms with Crippen molar-refractivity contribution in [2.24, 2.45) is 4.99 Å². The third-order valence-corrected chi connectivity index (χ3v) is 4.29. The van der Waals surface area contributed by atoms with E-state index < -0.39 is 5.69 Å². The normalized spacial score (nSPS) is 15.9. The van der Waals surface area contributed by atoms with Gasteiger partial charge in [0.25, 0.3) is 5.62 Å². The van der Waals surface area contributed by atoms with Crippen LogP contribution in [-0.4, -0.2) is 50.2 Å². The van der Waals surface area contributed by atoms with Crippen molar-refractivity contribution >= 4 is 11.7 Å². The lowest BCUT2D eigenvalue weighted by Crippen LogP contribution is -2.25. The number of fused-ring (bicyclic) bond motifs is 1. The average molecular weight is 365 g/mol. The smallest absolute Gasteiger partial charge is 0.326 e. The van der Waals surface area contributed by atoms with Crippen LogP contribution in [0, 0.1) is 6.92 Å². The molecule has 0 spiro atoms. The molecule has 27 heavy (non-hydrogen) atoms. The molecule has 11 heteroatoms. The van der Waals surface area contributed by atoms with Crippen LogP contribution in [0.2, 0.25) is 0 Å². The molecule has 4 heterocycles. The molecule has 3 N–H and O–H groups in total. The lowest BCUT2D eigenvalue weighted by molar-refractivity contribution is 0.454. The lowest BCUT2D eigenvalue weighted by Gasteiger charge is -2.03. The number of nitrogens with zero attached hydrogens (tertiary/aromatic N) is 7. The van der Waals surface area contributed by atoms with Gasteiger partial charge >= 0.3 is 5.69 Å². The van der Waals surface area contributed by atoms with Gasteiger partial charge in [0.1, 0.15) is 11.5 Å². The number of nitrogens with one attached hydrogen (secondary N) is 2. The number of imidazole rings is 2. The van der Waals surface area contributed by atoms with Gasteiger partial charge in [0.15, 0.2) is 5.65 Å². The number of rotatable bonds is 3. The molecule has 0 atom stereocenters. The zero-order chi connectivity index (χ0) is 18.5. The van der Waals surface area contributed by atoms with Crippen LogP contribution in [0.1, 0.15) is 24.4 Å². The van der Waals surface area contributed by atoms with E-state index in [1.165, 1.54) is 0 Å². The molecule has 0 amide bonds. The molecule has 11 nitrogen and oxygen atoms in total. The number of aromatic hydroxyl groups is 1. The standard InChI is InChI=1S/C16H15N9O2/c1-8-17-4-5-24(8)14-21-12-9(6-11-13(26)22-16(27)20-11)7-18-25(12)15(23-14)19-10-2-3-10/h4-7,10,26H,2-3H2,1H3,(H2,20,22,27)/b9-6-,19-15?. The number of hydrogen-bond donors (Lipinski definition) is 3. The maximum atomic E-state index is 11.4. The van der Waals surface area contributed by atoms with Crippen LogP contribution < -0.4 is 16.5 Å². The van der Waals surface area contributed by atoms with Crippen molar-refractivity contribution < 1.29 is 5.11 Å². The maximum absolute atomic E-state index is 11.4. The third-order valence-electron chi connectivity index (χ3n) is 4.29. The Labute approximate surface area is 150 Å². The summed E-state index contributed by atoms with van der Waals surface area (Å²) >= 11 is 0. The summed E-state index contributed by atoms with van der Waals surface area (Å²) in [6.07, 6.45) is 8.69. The largest absolute Gasteiger partial charge is 0.493 e. The van der Waals surface area contributed by atoms with Gasteiger partial charge in [-0.25, -0.2) is 14.8 Å². The summed E-state index contributed by atoms with van der Waals surface area (Å²) in [4.78, 5) is 34.2. The monoisotopic (exact) mass is 365 g/mol. The van der Waals surface area contributed by atoms with Crippen molar-refractivity contribution in [2.75, 3.05) is 0 Å². The highest BCUT2D eigenvalue weighted by atomic mass is 16.3. The lowest BCUT2D eigenvalue weighted by atomic mass is 10.3. The molecule has 0 bridgehead atoms. The first-order valence-electron chi connectivity index (χ1n) is 8.41. The summed E-state index contributed by atoms with van der Waals surface area (Å²) in [5.74, 6) is 0.926. The predicted molar refractivity (Wildman–Crippen MR) is 93.1 cm³/mol. The minimum atomic E-state index is -0.496. The molecule has 4 aromatic rings. The van der Waals surface area contributed by atoms with Gasteiger partial charge in [-0.3, -0.25) is 9.55 Å². The SMILES string of the molecule is Cc1nccn1-c1nc(=NC2CC2)n2nc/c(=C/c3[nH]c(=O)[nH]c3O)c2n1. The first-order valence-corrected chi connectivity index (χ1v) is 8.41. The van der Waals surface area contributed by atoms with Gasteiger partial charge in [-0.15, -0.1) is 0 Å². The Morgan fingerprint density at radius 2 is 2.19 bits per heavy atom. The number of H-pyrrole nitrogens is 2. The summed E-state index contributed by atoms with van der Waals surface area (Å²) < 4.78 is 3.32. The van der Waals surface area contributed by atoms with Crippen molar-refractivity contribution in [1.82, 2.24) is 39.1 Å². The van der Waals surface area contributed by atoms with Gasteiger partial charge in [0.2, 0.25) is 11.8 Å². The Morgan fingerprint density at radius 3 is 2.85 bits per heavy atom. The van der Waals surface area contributed by atoms with E-state index in [1.807, 2.05) is 6.92 Å². The first kappa shape index (κ1) is 15.5. The van der Waals surface area contributed by atoms with Gasteiger partial charge in [-0.1, -0.05) is 0 Å². The Hall–Kier alpha value is -3.76. The molecule has 0 unspecified atom stereocenters. The van der Waals surface area contributed by atoms with Crippen LogP contribution in [0.25, 0.3) is 17.7 Å². The quantitative estimate of drug-likeness (QED) is 0.423. The van der Waals surface area contributed by atoms with Crippen LogP contribution in [0.4, 0.5) is 0 Å². The highest BCUT2D eigenvalue weighted by Crippen LogP contribution is 2.22. The minimum Gasteiger partial charge on any atom is -0.493 e. The molecule has 1 fully saturated rings. The van der Waals surface area contributed by atoms with E-state index in [4.69, 9.17) is 0 Å². The van der Waals surface area contributed by atoms with E-state index in [-0.39, 0.29) is 17.6 Å². The summed E-state index contributed by atoms with van der Waals surface area (Å²) in [6, 6.07) is 0.251. The molecule has 1 saturated carbocycles. The van der Waals surface area contributed by atoms with E-state index in [1.54, 1.807) is 33.7 Å². The van der Waals surface area contributed by atoms with E-state index in [9.17, 15) is 9.90 Å². The van der Waals surface area contributed by atoms with E-state index >= 15 is 0 Å². The molecule has 0 aliphatic heterocycles. The molecule has 5 rings (SSSR count). The summed E-state index contributed by atoms with van der Waals surface area (Å²) in [6.45, 7) is 1.86. The van der Waals surface area contributed by atoms with Gasteiger partial charge in [0, 0.05) is 17.6 Å². The van der Waals surface area contributed by atoms with Gasteiger partial charge in [-0.05, 0) is 25.8 Å². The highest BCUT2D eigenvalue weighted by Gasteiger charge is 2.21. The first-order chi connectivity index (χ1) is 13.1. The number of aromatic amines is 2. The van der Waals surface area contributed by atoms with Crippen LogP contribution in [-0.2, 0) is 0 Å². The van der Waals surface area contributed by atoms with E-state index in [0.717, 1.165) is 18.7 Å².